The fraction of sp³-hybridized carbons (Fsp3) is 0.157. The van der Waals surface area contributed by atoms with Gasteiger partial charge in [0.15, 0.2) is 0 Å². The molecule has 0 unspecified atom stereocenters. The molecule has 19 rings (SSSR count). The fourth-order valence-electron chi connectivity index (χ4n) is 18.2. The molecule has 0 aromatic heterocycles. The Morgan fingerprint density at radius 3 is 0.926 bits per heavy atom. The van der Waals surface area contributed by atoms with E-state index >= 15 is 0 Å². The van der Waals surface area contributed by atoms with Gasteiger partial charge < -0.3 is 19.6 Å². The first-order valence-electron chi connectivity index (χ1n) is 38.6. The molecule has 4 nitrogen and oxygen atoms in total. The molecule has 0 fully saturated rings. The molecule has 0 aliphatic carbocycles. The lowest BCUT2D eigenvalue weighted by Crippen LogP contribution is -2.65. The number of para-hydroxylation sites is 4. The van der Waals surface area contributed by atoms with E-state index in [1.165, 1.54) is 150 Å². The van der Waals surface area contributed by atoms with Crippen molar-refractivity contribution in [2.45, 2.75) is 105 Å². The zero-order valence-corrected chi connectivity index (χ0v) is 64.0. The Kier molecular flexibility index (Phi) is 15.4. The predicted octanol–water partition coefficient (Wildman–Crippen LogP) is 24.0. The Labute approximate surface area is 638 Å². The third kappa shape index (κ3) is 10.7. The van der Waals surface area contributed by atoms with Crippen molar-refractivity contribution in [1.29, 1.82) is 0 Å². The van der Waals surface area contributed by atoms with Gasteiger partial charge in [-0.3, -0.25) is 0 Å². The maximum atomic E-state index is 2.74. The lowest BCUT2D eigenvalue weighted by Gasteiger charge is -2.47. The van der Waals surface area contributed by atoms with E-state index in [1.54, 1.807) is 0 Å². The summed E-state index contributed by atoms with van der Waals surface area (Å²) in [5.74, 6) is 0. The van der Waals surface area contributed by atoms with Crippen LogP contribution in [0, 0.1) is 0 Å². The molecule has 522 valence electrons. The number of hydrogen-bond acceptors (Lipinski definition) is 4. The lowest BCUT2D eigenvalue weighted by molar-refractivity contribution is 0.568. The Morgan fingerprint density at radius 2 is 0.519 bits per heavy atom. The summed E-state index contributed by atoms with van der Waals surface area (Å²) in [6, 6.07) is 121. The fourth-order valence-corrected chi connectivity index (χ4v) is 18.2. The van der Waals surface area contributed by atoms with Crippen LogP contribution >= 0.6 is 0 Å². The third-order valence-corrected chi connectivity index (χ3v) is 23.5. The van der Waals surface area contributed by atoms with Crippen molar-refractivity contribution in [3.63, 3.8) is 0 Å². The van der Waals surface area contributed by atoms with Gasteiger partial charge in [0.1, 0.15) is 0 Å². The van der Waals surface area contributed by atoms with Crippen molar-refractivity contribution in [2.75, 3.05) is 19.6 Å². The summed E-state index contributed by atoms with van der Waals surface area (Å²) in [4.78, 5) is 10.5. The molecule has 0 N–H and O–H groups in total. The molecule has 0 radical (unpaired) electrons. The third-order valence-electron chi connectivity index (χ3n) is 23.5. The van der Waals surface area contributed by atoms with Gasteiger partial charge in [0.05, 0.1) is 0 Å². The van der Waals surface area contributed by atoms with E-state index in [-0.39, 0.29) is 35.1 Å². The zero-order chi connectivity index (χ0) is 73.9. The van der Waals surface area contributed by atoms with Crippen LogP contribution in [-0.4, -0.2) is 13.4 Å². The molecule has 0 bridgehead atoms. The molecule has 4 heterocycles. The molecule has 0 saturated heterocycles. The molecule has 6 heteroatoms. The largest absolute Gasteiger partial charge is 0.311 e. The molecule has 108 heavy (non-hydrogen) atoms. The van der Waals surface area contributed by atoms with Gasteiger partial charge in [-0.15, -0.1) is 0 Å². The lowest BCUT2D eigenvalue weighted by atomic mass is 9.30. The average molecular weight is 1390 g/mol. The predicted molar refractivity (Wildman–Crippen MR) is 466 cm³/mol. The van der Waals surface area contributed by atoms with Crippen LogP contribution in [0.25, 0.3) is 66.1 Å². The van der Waals surface area contributed by atoms with Gasteiger partial charge in [-0.25, -0.2) is 0 Å². The van der Waals surface area contributed by atoms with E-state index in [9.17, 15) is 0 Å². The molecule has 0 spiro atoms. The van der Waals surface area contributed by atoms with Crippen LogP contribution in [0.3, 0.4) is 0 Å². The summed E-state index contributed by atoms with van der Waals surface area (Å²) in [6.07, 6.45) is 0. The normalized spacial score (nSPS) is 13.6. The molecule has 0 saturated carbocycles. The standard InChI is InChI=1S/C102H88B2N4/c1-99(2,3)68-57-69(100(4,5)6)60-74(59-68)107-89-54-34-53-88-97(89)103(82-49-29-31-51-86(82)105(88)72-39-21-15-22-40-72)84-63-85-91(64-90(84)107)108(75-61-70(101(7,8)9)58-71(62-75)102(10,11)12)93-56-67(55-92-98(93)104(85)83-50-30-32-52-87(83)106(92)73-41-23-16-24-42-73)94-78-43-25-27-45-80(78)96(81-46-28-26-44-79(81)94)95-76(65-35-17-13-18-36-65)47-33-48-77(95)66-37-19-14-20-38-66/h13-64H,1-12H3. The second-order valence-corrected chi connectivity index (χ2v) is 34.4. The van der Waals surface area contributed by atoms with E-state index in [4.69, 9.17) is 0 Å². The molecular formula is C102H88B2N4. The summed E-state index contributed by atoms with van der Waals surface area (Å²) < 4.78 is 0. The number of fused-ring (bicyclic) bond motifs is 10. The van der Waals surface area contributed by atoms with E-state index < -0.39 is 0 Å². The Morgan fingerprint density at radius 1 is 0.204 bits per heavy atom. The van der Waals surface area contributed by atoms with Gasteiger partial charge in [-0.05, 0) is 234 Å². The van der Waals surface area contributed by atoms with Crippen LogP contribution in [0.4, 0.5) is 68.2 Å². The maximum absolute atomic E-state index is 2.74. The van der Waals surface area contributed by atoms with Crippen LogP contribution in [0.2, 0.25) is 0 Å². The second-order valence-electron chi connectivity index (χ2n) is 34.4. The smallest absolute Gasteiger partial charge is 0.252 e. The van der Waals surface area contributed by atoms with Crippen molar-refractivity contribution < 1.29 is 0 Å². The number of anilines is 12. The molecule has 15 aromatic carbocycles. The first-order valence-corrected chi connectivity index (χ1v) is 38.6. The van der Waals surface area contributed by atoms with Crippen LogP contribution in [0.15, 0.2) is 315 Å². The highest BCUT2D eigenvalue weighted by Crippen LogP contribution is 2.55. The summed E-state index contributed by atoms with van der Waals surface area (Å²) >= 11 is 0. The van der Waals surface area contributed by atoms with Gasteiger partial charge in [-0.2, -0.15) is 0 Å². The van der Waals surface area contributed by atoms with Crippen molar-refractivity contribution in [3.8, 4) is 44.5 Å². The molecule has 0 amide bonds. The summed E-state index contributed by atoms with van der Waals surface area (Å²) in [7, 11) is 0. The van der Waals surface area contributed by atoms with Gasteiger partial charge >= 0.3 is 0 Å². The second kappa shape index (κ2) is 24.9. The van der Waals surface area contributed by atoms with Crippen LogP contribution in [-0.2, 0) is 21.7 Å². The van der Waals surface area contributed by atoms with E-state index in [0.29, 0.717) is 0 Å². The van der Waals surface area contributed by atoms with E-state index in [1.807, 2.05) is 0 Å². The molecule has 15 aromatic rings. The van der Waals surface area contributed by atoms with Crippen LogP contribution in [0.5, 0.6) is 0 Å². The minimum atomic E-state index is -0.201. The van der Waals surface area contributed by atoms with Crippen molar-refractivity contribution in [1.82, 2.24) is 0 Å². The molecule has 0 atom stereocenters. The Balaban J connectivity index is 0.967. The maximum Gasteiger partial charge on any atom is 0.252 e. The first kappa shape index (κ1) is 66.8. The Bertz CT molecular complexity index is 5950. The van der Waals surface area contributed by atoms with Gasteiger partial charge in [0.2, 0.25) is 0 Å². The summed E-state index contributed by atoms with van der Waals surface area (Å²) in [5.41, 5.74) is 35.8. The number of hydrogen-bond donors (Lipinski definition) is 0. The summed E-state index contributed by atoms with van der Waals surface area (Å²) in [6.45, 7) is 28.2. The minimum Gasteiger partial charge on any atom is -0.311 e. The zero-order valence-electron chi connectivity index (χ0n) is 64.0. The van der Waals surface area contributed by atoms with Gasteiger partial charge in [0, 0.05) is 68.2 Å². The first-order chi connectivity index (χ1) is 52.2. The number of nitrogens with zero attached hydrogens (tertiary/aromatic N) is 4. The van der Waals surface area contributed by atoms with E-state index in [0.717, 1.165) is 39.7 Å². The topological polar surface area (TPSA) is 13.0 Å². The number of rotatable bonds is 8. The van der Waals surface area contributed by atoms with Crippen LogP contribution < -0.4 is 52.4 Å². The molecule has 4 aliphatic rings. The highest BCUT2D eigenvalue weighted by atomic mass is 15.2. The minimum absolute atomic E-state index is 0.127. The quantitative estimate of drug-likeness (QED) is 0.111. The van der Waals surface area contributed by atoms with Gasteiger partial charge in [0.25, 0.3) is 13.4 Å². The summed E-state index contributed by atoms with van der Waals surface area (Å²) in [5, 5.41) is 4.79. The average Bonchev–Trinajstić information content (AvgIpc) is 0.681. The van der Waals surface area contributed by atoms with Crippen molar-refractivity contribution in [2.24, 2.45) is 0 Å². The SMILES string of the molecule is CC(C)(C)c1cc(N2c3cc4c(cc3B3c5ccccc5N(c5ccccc5)c5cccc2c53)B2c3ccccc3N(c3ccccc3)c3cc(-c5c6ccccc6c(-c6c(-c7ccccc7)cccc6-c6ccccc6)c6ccccc56)cc(c32)N4c2cc(C(C)(C)C)cc(C(C)(C)C)c2)cc(C(C)(C)C)c1. The van der Waals surface area contributed by atoms with Crippen molar-refractivity contribution >= 4 is 136 Å². The Hall–Kier alpha value is -11.9. The molecule has 4 aliphatic heterocycles. The highest BCUT2D eigenvalue weighted by molar-refractivity contribution is 7.03. The van der Waals surface area contributed by atoms with E-state index in [2.05, 4.69) is 418 Å². The van der Waals surface area contributed by atoms with Crippen molar-refractivity contribution in [3.05, 3.63) is 338 Å². The van der Waals surface area contributed by atoms with Gasteiger partial charge in [-0.1, -0.05) is 308 Å². The highest BCUT2D eigenvalue weighted by Gasteiger charge is 2.49. The monoisotopic (exact) mass is 1390 g/mol. The molecular weight excluding hydrogens is 1300 g/mol. The van der Waals surface area contributed by atoms with Crippen LogP contribution in [0.1, 0.15) is 105 Å². The number of benzene rings is 15.